The zero-order chi connectivity index (χ0) is 29.5. The van der Waals surface area contributed by atoms with Gasteiger partial charge in [-0.05, 0) is 67.4 Å². The third-order valence-electron chi connectivity index (χ3n) is 7.82. The first-order chi connectivity index (χ1) is 20.2. The Morgan fingerprint density at radius 3 is 2.12 bits per heavy atom. The van der Waals surface area contributed by atoms with Crippen molar-refractivity contribution in [2.45, 2.75) is 25.7 Å². The van der Waals surface area contributed by atoms with Gasteiger partial charge >= 0.3 is 5.97 Å². The number of amides is 2. The minimum atomic E-state index is -0.739. The molecule has 0 radical (unpaired) electrons. The number of aromatic nitrogens is 1. The van der Waals surface area contributed by atoms with Crippen LogP contribution in [0.5, 0.6) is 0 Å². The maximum absolute atomic E-state index is 13.3. The van der Waals surface area contributed by atoms with Gasteiger partial charge in [0.2, 0.25) is 17.6 Å². The van der Waals surface area contributed by atoms with E-state index in [-0.39, 0.29) is 39.8 Å². The van der Waals surface area contributed by atoms with Crippen LogP contribution in [0.2, 0.25) is 15.1 Å². The number of esters is 1. The van der Waals surface area contributed by atoms with Crippen LogP contribution in [0.25, 0.3) is 22.2 Å². The van der Waals surface area contributed by atoms with E-state index in [1.807, 2.05) is 0 Å². The minimum absolute atomic E-state index is 0.141. The Morgan fingerprint density at radius 2 is 1.45 bits per heavy atom. The number of rotatable bonds is 6. The van der Waals surface area contributed by atoms with Crippen LogP contribution in [0.15, 0.2) is 66.7 Å². The number of imide groups is 1. The fourth-order valence-corrected chi connectivity index (χ4v) is 6.40. The number of benzene rings is 3. The van der Waals surface area contributed by atoms with Crippen molar-refractivity contribution >= 4 is 75.0 Å². The second kappa shape index (κ2) is 11.5. The monoisotopic (exact) mass is 620 g/mol. The van der Waals surface area contributed by atoms with E-state index < -0.39 is 18.4 Å². The van der Waals surface area contributed by atoms with Crippen molar-refractivity contribution in [3.8, 4) is 11.3 Å². The van der Waals surface area contributed by atoms with Gasteiger partial charge in [-0.25, -0.2) is 9.78 Å². The molecule has 0 bridgehead atoms. The van der Waals surface area contributed by atoms with Gasteiger partial charge in [-0.15, -0.1) is 0 Å². The topological polar surface area (TPSA) is 93.6 Å². The van der Waals surface area contributed by atoms with E-state index >= 15 is 0 Å². The van der Waals surface area contributed by atoms with Crippen LogP contribution in [0.1, 0.15) is 46.4 Å². The second-order valence-corrected chi connectivity index (χ2v) is 11.7. The highest BCUT2D eigenvalue weighted by Gasteiger charge is 2.48. The smallest absolute Gasteiger partial charge is 0.339 e. The standard InChI is InChI=1S/C32H23Cl3N2O5/c33-18-8-12-27-24(13-18)25(32(41)42-16-29(38)23-11-7-19(34)14-26(23)35)15-28(36-27)17-5-9-20(10-6-17)37-30(39)21-3-1-2-4-22(21)31(37)40/h5-15,21-22H,1-4,16H2. The molecule has 0 spiro atoms. The molecule has 1 aliphatic carbocycles. The number of Topliss-reactive ketones (excluding diaryl/α,β-unsaturated/α-hetero) is 1. The number of pyridine rings is 1. The van der Waals surface area contributed by atoms with E-state index in [1.54, 1.807) is 48.5 Å². The summed E-state index contributed by atoms with van der Waals surface area (Å²) in [4.78, 5) is 58.0. The predicted molar refractivity (Wildman–Crippen MR) is 161 cm³/mol. The van der Waals surface area contributed by atoms with Gasteiger partial charge in [-0.1, -0.05) is 59.8 Å². The summed E-state index contributed by atoms with van der Waals surface area (Å²) < 4.78 is 5.39. The van der Waals surface area contributed by atoms with Crippen LogP contribution < -0.4 is 4.90 Å². The molecule has 2 fully saturated rings. The molecule has 2 atom stereocenters. The summed E-state index contributed by atoms with van der Waals surface area (Å²) in [5.41, 5.74) is 2.48. The highest BCUT2D eigenvalue weighted by molar-refractivity contribution is 6.37. The Morgan fingerprint density at radius 1 is 0.810 bits per heavy atom. The molecule has 7 nitrogen and oxygen atoms in total. The molecule has 1 saturated heterocycles. The van der Waals surface area contributed by atoms with Crippen LogP contribution in [0.4, 0.5) is 5.69 Å². The summed E-state index contributed by atoms with van der Waals surface area (Å²) in [6.07, 6.45) is 3.40. The molecule has 1 aromatic heterocycles. The molecule has 4 aromatic rings. The lowest BCUT2D eigenvalue weighted by Crippen LogP contribution is -2.30. The number of hydrogen-bond donors (Lipinski definition) is 0. The van der Waals surface area contributed by atoms with Crippen LogP contribution in [0, 0.1) is 11.8 Å². The van der Waals surface area contributed by atoms with Crippen molar-refractivity contribution in [3.05, 3.63) is 92.9 Å². The number of anilines is 1. The minimum Gasteiger partial charge on any atom is -0.454 e. The summed E-state index contributed by atoms with van der Waals surface area (Å²) in [6, 6.07) is 17.9. The number of ether oxygens (including phenoxy) is 1. The average molecular weight is 622 g/mol. The molecule has 1 saturated carbocycles. The number of ketones is 1. The highest BCUT2D eigenvalue weighted by Crippen LogP contribution is 2.40. The van der Waals surface area contributed by atoms with Gasteiger partial charge in [0.05, 0.1) is 39.3 Å². The second-order valence-electron chi connectivity index (χ2n) is 10.4. The van der Waals surface area contributed by atoms with Gasteiger partial charge < -0.3 is 4.74 Å². The van der Waals surface area contributed by atoms with Crippen LogP contribution in [-0.4, -0.2) is 35.2 Å². The number of hydrogen-bond acceptors (Lipinski definition) is 6. The molecule has 2 amide bonds. The Bertz CT molecular complexity index is 1750. The third kappa shape index (κ3) is 5.28. The Balaban J connectivity index is 1.28. The van der Waals surface area contributed by atoms with Crippen molar-refractivity contribution in [1.82, 2.24) is 4.98 Å². The van der Waals surface area contributed by atoms with Gasteiger partial charge in [-0.2, -0.15) is 0 Å². The summed E-state index contributed by atoms with van der Waals surface area (Å²) >= 11 is 18.3. The molecular weight excluding hydrogens is 599 g/mol. The van der Waals surface area contributed by atoms with E-state index in [2.05, 4.69) is 0 Å². The molecular formula is C32H23Cl3N2O5. The van der Waals surface area contributed by atoms with E-state index in [0.717, 1.165) is 25.7 Å². The maximum Gasteiger partial charge on any atom is 0.339 e. The molecule has 3 aromatic carbocycles. The number of carbonyl (C=O) groups is 4. The molecule has 2 aliphatic rings. The van der Waals surface area contributed by atoms with E-state index in [1.165, 1.54) is 23.1 Å². The molecule has 10 heteroatoms. The number of fused-ring (bicyclic) bond motifs is 2. The summed E-state index contributed by atoms with van der Waals surface area (Å²) in [5, 5.41) is 1.40. The fraction of sp³-hybridized carbons (Fsp3) is 0.219. The van der Waals surface area contributed by atoms with Gasteiger partial charge in [-0.3, -0.25) is 19.3 Å². The first-order valence-electron chi connectivity index (χ1n) is 13.4. The molecule has 1 aliphatic heterocycles. The molecule has 0 N–H and O–H groups in total. The number of carbonyl (C=O) groups excluding carboxylic acids is 4. The molecule has 212 valence electrons. The quantitative estimate of drug-likeness (QED) is 0.125. The summed E-state index contributed by atoms with van der Waals surface area (Å²) in [6.45, 7) is -0.533. The van der Waals surface area contributed by atoms with Crippen molar-refractivity contribution in [1.29, 1.82) is 0 Å². The van der Waals surface area contributed by atoms with Crippen molar-refractivity contribution in [3.63, 3.8) is 0 Å². The van der Waals surface area contributed by atoms with E-state index in [4.69, 9.17) is 44.5 Å². The van der Waals surface area contributed by atoms with Gasteiger partial charge in [0, 0.05) is 26.6 Å². The zero-order valence-corrected chi connectivity index (χ0v) is 24.4. The van der Waals surface area contributed by atoms with E-state index in [0.29, 0.717) is 37.9 Å². The van der Waals surface area contributed by atoms with Gasteiger partial charge in [0.1, 0.15) is 0 Å². The van der Waals surface area contributed by atoms with Crippen molar-refractivity contribution < 1.29 is 23.9 Å². The Hall–Kier alpha value is -3.78. The Labute approximate surface area is 256 Å². The predicted octanol–water partition coefficient (Wildman–Crippen LogP) is 7.58. The van der Waals surface area contributed by atoms with Crippen LogP contribution >= 0.6 is 34.8 Å². The van der Waals surface area contributed by atoms with Crippen molar-refractivity contribution in [2.24, 2.45) is 11.8 Å². The lowest BCUT2D eigenvalue weighted by molar-refractivity contribution is -0.122. The normalized spacial score (nSPS) is 18.3. The number of nitrogens with zero attached hydrogens (tertiary/aromatic N) is 2. The van der Waals surface area contributed by atoms with Gasteiger partial charge in [0.15, 0.2) is 6.61 Å². The molecule has 2 heterocycles. The molecule has 6 rings (SSSR count). The van der Waals surface area contributed by atoms with Crippen LogP contribution in [-0.2, 0) is 14.3 Å². The average Bonchev–Trinajstić information content (AvgIpc) is 3.24. The first kappa shape index (κ1) is 28.3. The van der Waals surface area contributed by atoms with Crippen LogP contribution in [0.3, 0.4) is 0 Å². The lowest BCUT2D eigenvalue weighted by Gasteiger charge is -2.19. The fourth-order valence-electron chi connectivity index (χ4n) is 5.71. The number of halogens is 3. The first-order valence-corrected chi connectivity index (χ1v) is 14.6. The SMILES string of the molecule is O=C(COC(=O)c1cc(-c2ccc(N3C(=O)C4CCCCC4C3=O)cc2)nc2ccc(Cl)cc12)c1ccc(Cl)cc1Cl. The highest BCUT2D eigenvalue weighted by atomic mass is 35.5. The molecule has 2 unspecified atom stereocenters. The summed E-state index contributed by atoms with van der Waals surface area (Å²) in [7, 11) is 0. The van der Waals surface area contributed by atoms with E-state index in [9.17, 15) is 19.2 Å². The van der Waals surface area contributed by atoms with Crippen molar-refractivity contribution in [2.75, 3.05) is 11.5 Å². The summed E-state index contributed by atoms with van der Waals surface area (Å²) in [5.74, 6) is -1.98. The third-order valence-corrected chi connectivity index (χ3v) is 8.60. The maximum atomic E-state index is 13.3. The van der Waals surface area contributed by atoms with Gasteiger partial charge in [0.25, 0.3) is 0 Å². The molecule has 42 heavy (non-hydrogen) atoms. The largest absolute Gasteiger partial charge is 0.454 e. The Kier molecular flexibility index (Phi) is 7.75. The lowest BCUT2D eigenvalue weighted by atomic mass is 9.81. The zero-order valence-electron chi connectivity index (χ0n) is 22.1.